The Morgan fingerprint density at radius 2 is 1.94 bits per heavy atom. The van der Waals surface area contributed by atoms with Crippen LogP contribution < -0.4 is 5.32 Å². The molecule has 3 atom stereocenters. The van der Waals surface area contributed by atoms with Crippen molar-refractivity contribution in [2.24, 2.45) is 5.92 Å². The molecule has 0 aromatic rings. The molecule has 1 saturated carbocycles. The van der Waals surface area contributed by atoms with Crippen molar-refractivity contribution < 1.29 is 4.79 Å². The van der Waals surface area contributed by atoms with Gasteiger partial charge >= 0.3 is 0 Å². The van der Waals surface area contributed by atoms with E-state index in [-0.39, 0.29) is 6.04 Å². The van der Waals surface area contributed by atoms with E-state index in [1.807, 2.05) is 0 Å². The van der Waals surface area contributed by atoms with Gasteiger partial charge in [0, 0.05) is 25.2 Å². The molecule has 3 fully saturated rings. The van der Waals surface area contributed by atoms with Gasteiger partial charge in [-0.05, 0) is 45.2 Å². The Hall–Kier alpha value is -0.610. The van der Waals surface area contributed by atoms with Crippen LogP contribution in [0, 0.1) is 5.92 Å². The lowest BCUT2D eigenvalue weighted by molar-refractivity contribution is -0.133. The largest absolute Gasteiger partial charge is 0.338 e. The summed E-state index contributed by atoms with van der Waals surface area (Å²) in [6, 6.07) is 1.22. The average molecular weight is 251 g/mol. The number of nitrogens with zero attached hydrogens (tertiary/aromatic N) is 2. The van der Waals surface area contributed by atoms with Crippen molar-refractivity contribution in [3.8, 4) is 0 Å². The monoisotopic (exact) mass is 251 g/mol. The van der Waals surface area contributed by atoms with Gasteiger partial charge in [0.25, 0.3) is 0 Å². The fourth-order valence-electron chi connectivity index (χ4n) is 3.53. The molecule has 3 unspecified atom stereocenters. The number of likely N-dealkylation sites (tertiary alicyclic amines) is 2. The number of amides is 1. The van der Waals surface area contributed by atoms with E-state index >= 15 is 0 Å². The number of carbonyl (C=O) groups is 1. The first-order chi connectivity index (χ1) is 8.65. The van der Waals surface area contributed by atoms with E-state index in [0.29, 0.717) is 23.9 Å². The Kier molecular flexibility index (Phi) is 3.32. The highest BCUT2D eigenvalue weighted by molar-refractivity contribution is 5.84. The molecule has 3 aliphatic rings. The maximum absolute atomic E-state index is 12.4. The maximum Gasteiger partial charge on any atom is 0.240 e. The van der Waals surface area contributed by atoms with Gasteiger partial charge in [0.15, 0.2) is 0 Å². The number of piperidine rings is 1. The third kappa shape index (κ3) is 2.41. The third-order valence-electron chi connectivity index (χ3n) is 4.72. The summed E-state index contributed by atoms with van der Waals surface area (Å²) in [6.45, 7) is 5.49. The molecule has 102 valence electrons. The van der Waals surface area contributed by atoms with Gasteiger partial charge in [-0.25, -0.2) is 0 Å². The molecule has 1 amide bonds. The molecule has 1 aliphatic carbocycles. The molecule has 2 heterocycles. The van der Waals surface area contributed by atoms with Crippen molar-refractivity contribution >= 4 is 5.91 Å². The molecule has 4 nitrogen and oxygen atoms in total. The van der Waals surface area contributed by atoms with Crippen LogP contribution in [0.15, 0.2) is 0 Å². The molecule has 0 aromatic heterocycles. The topological polar surface area (TPSA) is 35.6 Å². The Balaban J connectivity index is 1.60. The van der Waals surface area contributed by atoms with E-state index in [2.05, 4.69) is 29.1 Å². The molecule has 0 aromatic carbocycles. The van der Waals surface area contributed by atoms with Gasteiger partial charge in [-0.3, -0.25) is 4.79 Å². The second kappa shape index (κ2) is 4.82. The van der Waals surface area contributed by atoms with Crippen molar-refractivity contribution in [1.82, 2.24) is 15.1 Å². The van der Waals surface area contributed by atoms with E-state index < -0.39 is 0 Å². The quantitative estimate of drug-likeness (QED) is 0.801. The predicted molar refractivity (Wildman–Crippen MR) is 71.3 cm³/mol. The van der Waals surface area contributed by atoms with E-state index in [4.69, 9.17) is 0 Å². The highest BCUT2D eigenvalue weighted by Gasteiger charge is 2.40. The summed E-state index contributed by atoms with van der Waals surface area (Å²) < 4.78 is 0. The van der Waals surface area contributed by atoms with Gasteiger partial charge in [-0.1, -0.05) is 6.92 Å². The molecular weight excluding hydrogens is 226 g/mol. The summed E-state index contributed by atoms with van der Waals surface area (Å²) in [6.07, 6.45) is 4.66. The molecule has 0 radical (unpaired) electrons. The van der Waals surface area contributed by atoms with Gasteiger partial charge in [0.2, 0.25) is 5.91 Å². The van der Waals surface area contributed by atoms with Crippen molar-refractivity contribution in [2.45, 2.75) is 50.7 Å². The Bertz CT molecular complexity index is 329. The zero-order chi connectivity index (χ0) is 12.7. The van der Waals surface area contributed by atoms with E-state index in [0.717, 1.165) is 32.5 Å². The maximum atomic E-state index is 12.4. The standard InChI is InChI=1S/C14H25N3O/c1-10-9-16(2)7-6-13(10)17-8-5-12(14(17)18)15-11-3-4-11/h10-13,15H,3-9H2,1-2H3. The number of hydrogen-bond donors (Lipinski definition) is 1. The SMILES string of the molecule is CC1CN(C)CCC1N1CCC(NC2CC2)C1=O. The van der Waals surface area contributed by atoms with E-state index in [9.17, 15) is 4.79 Å². The second-order valence-electron chi connectivity index (χ2n) is 6.41. The van der Waals surface area contributed by atoms with Gasteiger partial charge in [-0.2, -0.15) is 0 Å². The zero-order valence-corrected chi connectivity index (χ0v) is 11.6. The summed E-state index contributed by atoms with van der Waals surface area (Å²) in [5.41, 5.74) is 0. The molecule has 3 rings (SSSR count). The summed E-state index contributed by atoms with van der Waals surface area (Å²) in [4.78, 5) is 17.0. The number of hydrogen-bond acceptors (Lipinski definition) is 3. The minimum absolute atomic E-state index is 0.115. The van der Waals surface area contributed by atoms with Crippen LogP contribution in [0.25, 0.3) is 0 Å². The third-order valence-corrected chi connectivity index (χ3v) is 4.72. The summed E-state index contributed by atoms with van der Waals surface area (Å²) in [5, 5.41) is 3.49. The van der Waals surface area contributed by atoms with Crippen LogP contribution in [-0.4, -0.2) is 60.5 Å². The first kappa shape index (κ1) is 12.4. The Morgan fingerprint density at radius 3 is 2.61 bits per heavy atom. The van der Waals surface area contributed by atoms with Crippen LogP contribution in [0.5, 0.6) is 0 Å². The highest BCUT2D eigenvalue weighted by Crippen LogP contribution is 2.28. The average Bonchev–Trinajstić information content (AvgIpc) is 3.07. The zero-order valence-electron chi connectivity index (χ0n) is 11.6. The molecule has 0 bridgehead atoms. The first-order valence-corrected chi connectivity index (χ1v) is 7.40. The summed E-state index contributed by atoms with van der Waals surface area (Å²) in [7, 11) is 2.18. The number of rotatable bonds is 3. The molecule has 1 N–H and O–H groups in total. The van der Waals surface area contributed by atoms with Crippen LogP contribution in [0.2, 0.25) is 0 Å². The second-order valence-corrected chi connectivity index (χ2v) is 6.41. The van der Waals surface area contributed by atoms with E-state index in [1.165, 1.54) is 12.8 Å². The van der Waals surface area contributed by atoms with Crippen LogP contribution >= 0.6 is 0 Å². The molecule has 0 spiro atoms. The van der Waals surface area contributed by atoms with Crippen LogP contribution in [0.3, 0.4) is 0 Å². The fourth-order valence-corrected chi connectivity index (χ4v) is 3.53. The van der Waals surface area contributed by atoms with Crippen molar-refractivity contribution in [2.75, 3.05) is 26.7 Å². The Morgan fingerprint density at radius 1 is 1.17 bits per heavy atom. The molecule has 2 saturated heterocycles. The normalized spacial score (nSPS) is 38.4. The van der Waals surface area contributed by atoms with Crippen molar-refractivity contribution in [3.05, 3.63) is 0 Å². The fraction of sp³-hybridized carbons (Fsp3) is 0.929. The van der Waals surface area contributed by atoms with Crippen LogP contribution in [0.4, 0.5) is 0 Å². The van der Waals surface area contributed by atoms with Crippen molar-refractivity contribution in [3.63, 3.8) is 0 Å². The summed E-state index contributed by atoms with van der Waals surface area (Å²) >= 11 is 0. The van der Waals surface area contributed by atoms with Gasteiger partial charge < -0.3 is 15.1 Å². The first-order valence-electron chi connectivity index (χ1n) is 7.40. The molecule has 18 heavy (non-hydrogen) atoms. The van der Waals surface area contributed by atoms with E-state index in [1.54, 1.807) is 0 Å². The minimum atomic E-state index is 0.115. The van der Waals surface area contributed by atoms with Gasteiger partial charge in [-0.15, -0.1) is 0 Å². The van der Waals surface area contributed by atoms with Crippen LogP contribution in [0.1, 0.15) is 32.6 Å². The number of nitrogens with one attached hydrogen (secondary N) is 1. The smallest absolute Gasteiger partial charge is 0.240 e. The Labute approximate surface area is 110 Å². The molecule has 2 aliphatic heterocycles. The van der Waals surface area contributed by atoms with Gasteiger partial charge in [0.1, 0.15) is 0 Å². The lowest BCUT2D eigenvalue weighted by atomic mass is 9.93. The van der Waals surface area contributed by atoms with Gasteiger partial charge in [0.05, 0.1) is 6.04 Å². The lowest BCUT2D eigenvalue weighted by Crippen LogP contribution is -2.51. The molecular formula is C14H25N3O. The summed E-state index contributed by atoms with van der Waals surface area (Å²) in [5.74, 6) is 0.968. The lowest BCUT2D eigenvalue weighted by Gasteiger charge is -2.40. The molecule has 4 heteroatoms. The minimum Gasteiger partial charge on any atom is -0.338 e. The van der Waals surface area contributed by atoms with Crippen molar-refractivity contribution in [1.29, 1.82) is 0 Å². The highest BCUT2D eigenvalue weighted by atomic mass is 16.2. The van der Waals surface area contributed by atoms with Crippen LogP contribution in [-0.2, 0) is 4.79 Å². The number of carbonyl (C=O) groups excluding carboxylic acids is 1. The predicted octanol–water partition coefficient (Wildman–Crippen LogP) is 0.679.